The molecule has 1 aliphatic rings. The van der Waals surface area contributed by atoms with E-state index in [4.69, 9.17) is 9.47 Å². The van der Waals surface area contributed by atoms with E-state index in [2.05, 4.69) is 5.32 Å². The second-order valence-electron chi connectivity index (χ2n) is 5.15. The zero-order valence-electron chi connectivity index (χ0n) is 13.0. The van der Waals surface area contributed by atoms with Gasteiger partial charge in [-0.05, 0) is 31.9 Å². The molecule has 0 radical (unpaired) electrons. The summed E-state index contributed by atoms with van der Waals surface area (Å²) in [6, 6.07) is 7.32. The van der Waals surface area contributed by atoms with E-state index in [1.165, 1.54) is 0 Å². The van der Waals surface area contributed by atoms with E-state index < -0.39 is 0 Å². The number of nitrogens with zero attached hydrogens (tertiary/aromatic N) is 1. The first-order chi connectivity index (χ1) is 10.7. The molecule has 22 heavy (non-hydrogen) atoms. The molecule has 1 saturated heterocycles. The van der Waals surface area contributed by atoms with Crippen molar-refractivity contribution in [2.45, 2.75) is 19.8 Å². The van der Waals surface area contributed by atoms with Crippen LogP contribution in [0.5, 0.6) is 5.75 Å². The van der Waals surface area contributed by atoms with Gasteiger partial charge in [0.25, 0.3) is 0 Å². The van der Waals surface area contributed by atoms with Crippen molar-refractivity contribution in [1.82, 2.24) is 4.90 Å². The summed E-state index contributed by atoms with van der Waals surface area (Å²) in [5.41, 5.74) is 0.669. The quantitative estimate of drug-likeness (QED) is 0.928. The second kappa shape index (κ2) is 7.68. The Morgan fingerprint density at radius 2 is 1.95 bits per heavy atom. The first-order valence-electron chi connectivity index (χ1n) is 7.51. The van der Waals surface area contributed by atoms with Crippen molar-refractivity contribution in [3.8, 4) is 5.75 Å². The number of rotatable bonds is 4. The van der Waals surface area contributed by atoms with Crippen molar-refractivity contribution in [3.05, 3.63) is 24.3 Å². The van der Waals surface area contributed by atoms with Crippen LogP contribution in [0.25, 0.3) is 0 Å². The lowest BCUT2D eigenvalue weighted by atomic mass is 9.96. The number of carbonyl (C=O) groups excluding carboxylic acids is 2. The van der Waals surface area contributed by atoms with Crippen LogP contribution in [-0.2, 0) is 9.53 Å². The van der Waals surface area contributed by atoms with Gasteiger partial charge in [-0.1, -0.05) is 12.1 Å². The largest absolute Gasteiger partial charge is 0.495 e. The SMILES string of the molecule is CCOC(=O)N1CCC(C(=O)Nc2ccccc2OC)CC1. The molecule has 2 amide bonds. The Morgan fingerprint density at radius 1 is 1.27 bits per heavy atom. The van der Waals surface area contributed by atoms with Crippen LogP contribution < -0.4 is 10.1 Å². The van der Waals surface area contributed by atoms with E-state index in [9.17, 15) is 9.59 Å². The molecule has 0 spiro atoms. The topological polar surface area (TPSA) is 67.9 Å². The van der Waals surface area contributed by atoms with Gasteiger partial charge in [0.2, 0.25) is 5.91 Å². The standard InChI is InChI=1S/C16H22N2O4/c1-3-22-16(20)18-10-8-12(9-11-18)15(19)17-13-6-4-5-7-14(13)21-2/h4-7,12H,3,8-11H2,1-2H3,(H,17,19). The Morgan fingerprint density at radius 3 is 2.59 bits per heavy atom. The number of amides is 2. The smallest absolute Gasteiger partial charge is 0.409 e. The molecule has 0 atom stereocenters. The lowest BCUT2D eigenvalue weighted by Gasteiger charge is -2.30. The molecular weight excluding hydrogens is 284 g/mol. The molecule has 1 aliphatic heterocycles. The van der Waals surface area contributed by atoms with Gasteiger partial charge < -0.3 is 19.7 Å². The molecular formula is C16H22N2O4. The van der Waals surface area contributed by atoms with E-state index in [-0.39, 0.29) is 17.9 Å². The third-order valence-corrected chi connectivity index (χ3v) is 3.76. The summed E-state index contributed by atoms with van der Waals surface area (Å²) >= 11 is 0. The second-order valence-corrected chi connectivity index (χ2v) is 5.15. The Labute approximate surface area is 130 Å². The van der Waals surface area contributed by atoms with Crippen LogP contribution in [0.4, 0.5) is 10.5 Å². The summed E-state index contributed by atoms with van der Waals surface area (Å²) in [7, 11) is 1.57. The van der Waals surface area contributed by atoms with E-state index in [0.29, 0.717) is 44.0 Å². The van der Waals surface area contributed by atoms with Crippen molar-refractivity contribution in [1.29, 1.82) is 0 Å². The van der Waals surface area contributed by atoms with Crippen molar-refractivity contribution in [2.24, 2.45) is 5.92 Å². The van der Waals surface area contributed by atoms with Gasteiger partial charge in [-0.25, -0.2) is 4.79 Å². The summed E-state index contributed by atoms with van der Waals surface area (Å²) in [5.74, 6) is 0.503. The molecule has 2 rings (SSSR count). The Hall–Kier alpha value is -2.24. The van der Waals surface area contributed by atoms with Gasteiger partial charge >= 0.3 is 6.09 Å². The fourth-order valence-corrected chi connectivity index (χ4v) is 2.52. The first-order valence-corrected chi connectivity index (χ1v) is 7.51. The van der Waals surface area contributed by atoms with Gasteiger partial charge in [-0.15, -0.1) is 0 Å². The first kappa shape index (κ1) is 16.1. The normalized spacial score (nSPS) is 15.3. The zero-order valence-corrected chi connectivity index (χ0v) is 13.0. The average molecular weight is 306 g/mol. The third-order valence-electron chi connectivity index (χ3n) is 3.76. The Balaban J connectivity index is 1.89. The molecule has 0 bridgehead atoms. The molecule has 0 unspecified atom stereocenters. The monoisotopic (exact) mass is 306 g/mol. The maximum Gasteiger partial charge on any atom is 0.409 e. The Kier molecular flexibility index (Phi) is 5.63. The van der Waals surface area contributed by atoms with Crippen molar-refractivity contribution in [2.75, 3.05) is 32.1 Å². The highest BCUT2D eigenvalue weighted by molar-refractivity contribution is 5.94. The predicted octanol–water partition coefficient (Wildman–Crippen LogP) is 2.50. The molecule has 1 aromatic rings. The fraction of sp³-hybridized carbons (Fsp3) is 0.500. The number of likely N-dealkylation sites (tertiary alicyclic amines) is 1. The number of carbonyl (C=O) groups is 2. The minimum Gasteiger partial charge on any atom is -0.495 e. The van der Waals surface area contributed by atoms with Crippen LogP contribution in [0.1, 0.15) is 19.8 Å². The summed E-state index contributed by atoms with van der Waals surface area (Å²) in [6.45, 7) is 3.24. The molecule has 0 aromatic heterocycles. The number of anilines is 1. The number of nitrogens with one attached hydrogen (secondary N) is 1. The lowest BCUT2D eigenvalue weighted by molar-refractivity contribution is -0.121. The number of para-hydroxylation sites is 2. The van der Waals surface area contributed by atoms with Crippen LogP contribution in [0, 0.1) is 5.92 Å². The van der Waals surface area contributed by atoms with Crippen LogP contribution in [0.2, 0.25) is 0 Å². The number of hydrogen-bond acceptors (Lipinski definition) is 4. The van der Waals surface area contributed by atoms with Crippen LogP contribution >= 0.6 is 0 Å². The molecule has 120 valence electrons. The highest BCUT2D eigenvalue weighted by atomic mass is 16.6. The molecule has 0 aliphatic carbocycles. The summed E-state index contributed by atoms with van der Waals surface area (Å²) in [4.78, 5) is 25.6. The molecule has 1 aromatic carbocycles. The number of hydrogen-bond donors (Lipinski definition) is 1. The van der Waals surface area contributed by atoms with Gasteiger partial charge in [0.05, 0.1) is 19.4 Å². The van der Waals surface area contributed by atoms with Crippen LogP contribution in [0.3, 0.4) is 0 Å². The van der Waals surface area contributed by atoms with Crippen molar-refractivity contribution >= 4 is 17.7 Å². The zero-order chi connectivity index (χ0) is 15.9. The average Bonchev–Trinajstić information content (AvgIpc) is 2.55. The summed E-state index contributed by atoms with van der Waals surface area (Å²) < 4.78 is 10.2. The maximum absolute atomic E-state index is 12.3. The van der Waals surface area contributed by atoms with Gasteiger partial charge in [0, 0.05) is 19.0 Å². The van der Waals surface area contributed by atoms with Gasteiger partial charge in [-0.2, -0.15) is 0 Å². The van der Waals surface area contributed by atoms with Crippen molar-refractivity contribution in [3.63, 3.8) is 0 Å². The van der Waals surface area contributed by atoms with Crippen molar-refractivity contribution < 1.29 is 19.1 Å². The molecule has 1 fully saturated rings. The van der Waals surface area contributed by atoms with E-state index in [1.54, 1.807) is 25.0 Å². The molecule has 1 N–H and O–H groups in total. The van der Waals surface area contributed by atoms with Gasteiger partial charge in [-0.3, -0.25) is 4.79 Å². The number of methoxy groups -OCH3 is 1. The third kappa shape index (κ3) is 3.90. The van der Waals surface area contributed by atoms with E-state index in [1.807, 2.05) is 18.2 Å². The van der Waals surface area contributed by atoms with Crippen LogP contribution in [0.15, 0.2) is 24.3 Å². The molecule has 6 nitrogen and oxygen atoms in total. The number of piperidine rings is 1. The maximum atomic E-state index is 12.3. The summed E-state index contributed by atoms with van der Waals surface area (Å²) in [6.07, 6.45) is 0.977. The number of ether oxygens (including phenoxy) is 2. The highest BCUT2D eigenvalue weighted by Gasteiger charge is 2.28. The number of benzene rings is 1. The molecule has 6 heteroatoms. The highest BCUT2D eigenvalue weighted by Crippen LogP contribution is 2.25. The predicted molar refractivity (Wildman–Crippen MR) is 82.9 cm³/mol. The van der Waals surface area contributed by atoms with Crippen LogP contribution in [-0.4, -0.2) is 43.7 Å². The molecule has 0 saturated carbocycles. The molecule has 1 heterocycles. The Bertz CT molecular complexity index is 525. The minimum atomic E-state index is -0.300. The lowest BCUT2D eigenvalue weighted by Crippen LogP contribution is -2.41. The summed E-state index contributed by atoms with van der Waals surface area (Å²) in [5, 5.41) is 2.90. The van der Waals surface area contributed by atoms with E-state index in [0.717, 1.165) is 0 Å². The fourth-order valence-electron chi connectivity index (χ4n) is 2.52. The van der Waals surface area contributed by atoms with E-state index >= 15 is 0 Å². The van der Waals surface area contributed by atoms with Gasteiger partial charge in [0.1, 0.15) is 5.75 Å². The minimum absolute atomic E-state index is 0.0343. The van der Waals surface area contributed by atoms with Gasteiger partial charge in [0.15, 0.2) is 0 Å².